The number of pyridine rings is 1. The van der Waals surface area contributed by atoms with E-state index in [0.29, 0.717) is 32.7 Å². The fraction of sp³-hybridized carbons (Fsp3) is 0.118. The quantitative estimate of drug-likeness (QED) is 0.681. The van der Waals surface area contributed by atoms with E-state index >= 15 is 0 Å². The van der Waals surface area contributed by atoms with Gasteiger partial charge in [0.15, 0.2) is 11.5 Å². The zero-order valence-corrected chi connectivity index (χ0v) is 14.4. The van der Waals surface area contributed by atoms with E-state index in [0.717, 1.165) is 11.1 Å². The molecule has 3 rings (SSSR count). The minimum absolute atomic E-state index is 0.0286. The lowest BCUT2D eigenvalue weighted by atomic mass is 10.1. The van der Waals surface area contributed by atoms with Crippen molar-refractivity contribution in [3.8, 4) is 17.2 Å². The number of hydrogen-bond acceptors (Lipinski definition) is 5. The second-order valence-corrected chi connectivity index (χ2v) is 5.81. The van der Waals surface area contributed by atoms with E-state index in [1.807, 2.05) is 0 Å². The van der Waals surface area contributed by atoms with Gasteiger partial charge in [0.05, 0.1) is 35.5 Å². The van der Waals surface area contributed by atoms with Gasteiger partial charge in [-0.15, -0.1) is 0 Å². The van der Waals surface area contributed by atoms with Gasteiger partial charge in [0.1, 0.15) is 5.75 Å². The number of anilines is 2. The molecule has 0 aliphatic rings. The van der Waals surface area contributed by atoms with Crippen LogP contribution in [0.3, 0.4) is 0 Å². The highest BCUT2D eigenvalue weighted by Gasteiger charge is 2.12. The van der Waals surface area contributed by atoms with E-state index in [1.54, 1.807) is 36.5 Å². The van der Waals surface area contributed by atoms with Gasteiger partial charge < -0.3 is 19.9 Å². The maximum absolute atomic E-state index is 9.89. The Kier molecular flexibility index (Phi) is 4.55. The van der Waals surface area contributed by atoms with E-state index in [4.69, 9.17) is 32.7 Å². The summed E-state index contributed by atoms with van der Waals surface area (Å²) in [6.07, 6.45) is 1.64. The third-order valence-electron chi connectivity index (χ3n) is 3.55. The Bertz CT molecular complexity index is 916. The van der Waals surface area contributed by atoms with Gasteiger partial charge in [-0.1, -0.05) is 23.2 Å². The SMILES string of the molecule is COc1cc2c(Nc3cc(OC)c(Cl)cc3Cl)ccnc2cc1O. The van der Waals surface area contributed by atoms with Crippen molar-refractivity contribution in [3.05, 3.63) is 46.6 Å². The first-order valence-corrected chi connectivity index (χ1v) is 7.75. The van der Waals surface area contributed by atoms with Crippen LogP contribution in [0.15, 0.2) is 36.5 Å². The Morgan fingerprint density at radius 2 is 1.71 bits per heavy atom. The topological polar surface area (TPSA) is 63.6 Å². The van der Waals surface area contributed by atoms with Crippen molar-refractivity contribution in [2.75, 3.05) is 19.5 Å². The highest BCUT2D eigenvalue weighted by Crippen LogP contribution is 2.38. The van der Waals surface area contributed by atoms with E-state index < -0.39 is 0 Å². The molecule has 5 nitrogen and oxygen atoms in total. The first kappa shape index (κ1) is 16.5. The summed E-state index contributed by atoms with van der Waals surface area (Å²) in [5, 5.41) is 14.8. The average Bonchev–Trinajstić information content (AvgIpc) is 2.56. The highest BCUT2D eigenvalue weighted by molar-refractivity contribution is 6.37. The summed E-state index contributed by atoms with van der Waals surface area (Å²) in [5.74, 6) is 0.899. The fourth-order valence-electron chi connectivity index (χ4n) is 2.36. The lowest BCUT2D eigenvalue weighted by molar-refractivity contribution is 0.374. The van der Waals surface area contributed by atoms with Crippen LogP contribution in [0, 0.1) is 0 Å². The van der Waals surface area contributed by atoms with Crippen LogP contribution in [0.4, 0.5) is 11.4 Å². The Hall–Kier alpha value is -2.37. The molecule has 0 bridgehead atoms. The smallest absolute Gasteiger partial charge is 0.161 e. The second-order valence-electron chi connectivity index (χ2n) is 4.99. The molecule has 0 saturated heterocycles. The second kappa shape index (κ2) is 6.63. The minimum Gasteiger partial charge on any atom is -0.504 e. The number of methoxy groups -OCH3 is 2. The molecule has 3 aromatic rings. The number of aromatic nitrogens is 1. The molecule has 124 valence electrons. The molecule has 0 spiro atoms. The van der Waals surface area contributed by atoms with Crippen LogP contribution in [-0.2, 0) is 0 Å². The van der Waals surface area contributed by atoms with Crippen molar-refractivity contribution in [2.24, 2.45) is 0 Å². The van der Waals surface area contributed by atoms with Crippen LogP contribution < -0.4 is 14.8 Å². The molecule has 0 fully saturated rings. The van der Waals surface area contributed by atoms with Crippen LogP contribution in [-0.4, -0.2) is 24.3 Å². The standard InChI is InChI=1S/C17H14Cl2N2O3/c1-23-16-8-14(10(18)6-11(16)19)21-12-3-4-20-13-7-15(22)17(24-2)5-9(12)13/h3-8,22H,1-2H3,(H,20,21). The van der Waals surface area contributed by atoms with E-state index in [2.05, 4.69) is 10.3 Å². The Morgan fingerprint density at radius 1 is 0.958 bits per heavy atom. The normalized spacial score (nSPS) is 10.7. The first-order chi connectivity index (χ1) is 11.5. The van der Waals surface area contributed by atoms with E-state index in [9.17, 15) is 5.11 Å². The molecule has 0 unspecified atom stereocenters. The molecule has 24 heavy (non-hydrogen) atoms. The summed E-state index contributed by atoms with van der Waals surface area (Å²) in [6.45, 7) is 0. The van der Waals surface area contributed by atoms with Crippen molar-refractivity contribution < 1.29 is 14.6 Å². The van der Waals surface area contributed by atoms with Crippen molar-refractivity contribution in [2.45, 2.75) is 0 Å². The number of hydrogen-bond donors (Lipinski definition) is 2. The Morgan fingerprint density at radius 3 is 2.42 bits per heavy atom. The molecule has 0 atom stereocenters. The largest absolute Gasteiger partial charge is 0.504 e. The van der Waals surface area contributed by atoms with Crippen molar-refractivity contribution in [3.63, 3.8) is 0 Å². The molecule has 0 radical (unpaired) electrons. The van der Waals surface area contributed by atoms with Gasteiger partial charge in [0.25, 0.3) is 0 Å². The van der Waals surface area contributed by atoms with Crippen LogP contribution in [0.1, 0.15) is 0 Å². The molecule has 7 heteroatoms. The van der Waals surface area contributed by atoms with Gasteiger partial charge in [-0.05, 0) is 18.2 Å². The molecule has 1 heterocycles. The van der Waals surface area contributed by atoms with Gasteiger partial charge >= 0.3 is 0 Å². The molecule has 0 saturated carbocycles. The summed E-state index contributed by atoms with van der Waals surface area (Å²) < 4.78 is 10.4. The zero-order chi connectivity index (χ0) is 17.3. The van der Waals surface area contributed by atoms with Gasteiger partial charge in [-0.3, -0.25) is 4.98 Å². The van der Waals surface area contributed by atoms with E-state index in [1.165, 1.54) is 14.2 Å². The Labute approximate surface area is 148 Å². The lowest BCUT2D eigenvalue weighted by Crippen LogP contribution is -1.96. The fourth-order valence-corrected chi connectivity index (χ4v) is 2.87. The third-order valence-corrected chi connectivity index (χ3v) is 4.16. The van der Waals surface area contributed by atoms with Gasteiger partial charge in [0.2, 0.25) is 0 Å². The van der Waals surface area contributed by atoms with Gasteiger partial charge in [-0.25, -0.2) is 0 Å². The molecule has 0 aliphatic carbocycles. The number of nitrogens with one attached hydrogen (secondary N) is 1. The third kappa shape index (κ3) is 3.00. The maximum Gasteiger partial charge on any atom is 0.161 e. The van der Waals surface area contributed by atoms with Crippen molar-refractivity contribution >= 4 is 45.5 Å². The minimum atomic E-state index is 0.0286. The monoisotopic (exact) mass is 364 g/mol. The summed E-state index contributed by atoms with van der Waals surface area (Å²) >= 11 is 12.3. The van der Waals surface area contributed by atoms with Crippen LogP contribution in [0.5, 0.6) is 17.2 Å². The summed E-state index contributed by atoms with van der Waals surface area (Å²) in [7, 11) is 3.03. The average molecular weight is 365 g/mol. The number of nitrogens with zero attached hydrogens (tertiary/aromatic N) is 1. The Balaban J connectivity index is 2.10. The van der Waals surface area contributed by atoms with Gasteiger partial charge in [0, 0.05) is 29.4 Å². The predicted octanol–water partition coefficient (Wildman–Crippen LogP) is 5.01. The van der Waals surface area contributed by atoms with Crippen LogP contribution >= 0.6 is 23.2 Å². The molecule has 2 N–H and O–H groups in total. The number of halogens is 2. The van der Waals surface area contributed by atoms with E-state index in [-0.39, 0.29) is 5.75 Å². The maximum atomic E-state index is 9.89. The summed E-state index contributed by atoms with van der Waals surface area (Å²) in [6, 6.07) is 8.38. The summed E-state index contributed by atoms with van der Waals surface area (Å²) in [5.41, 5.74) is 2.01. The molecule has 0 aliphatic heterocycles. The molecule has 1 aromatic heterocycles. The van der Waals surface area contributed by atoms with Crippen molar-refractivity contribution in [1.29, 1.82) is 0 Å². The van der Waals surface area contributed by atoms with Crippen LogP contribution in [0.25, 0.3) is 10.9 Å². The number of phenols is 1. The van der Waals surface area contributed by atoms with Crippen molar-refractivity contribution in [1.82, 2.24) is 4.98 Å². The number of benzene rings is 2. The predicted molar refractivity (Wildman–Crippen MR) is 96.3 cm³/mol. The molecule has 2 aromatic carbocycles. The number of fused-ring (bicyclic) bond motifs is 1. The molecule has 0 amide bonds. The number of phenolic OH excluding ortho intramolecular Hbond substituents is 1. The number of rotatable bonds is 4. The molecular weight excluding hydrogens is 351 g/mol. The highest BCUT2D eigenvalue weighted by atomic mass is 35.5. The molecular formula is C17H14Cl2N2O3. The summed E-state index contributed by atoms with van der Waals surface area (Å²) in [4.78, 5) is 4.26. The van der Waals surface area contributed by atoms with Crippen LogP contribution in [0.2, 0.25) is 10.0 Å². The first-order valence-electron chi connectivity index (χ1n) is 6.99. The van der Waals surface area contributed by atoms with Gasteiger partial charge in [-0.2, -0.15) is 0 Å². The lowest BCUT2D eigenvalue weighted by Gasteiger charge is -2.14. The zero-order valence-electron chi connectivity index (χ0n) is 12.9. The number of ether oxygens (including phenoxy) is 2. The number of aromatic hydroxyl groups is 1.